The van der Waals surface area contributed by atoms with Gasteiger partial charge in [0.2, 0.25) is 0 Å². The summed E-state index contributed by atoms with van der Waals surface area (Å²) < 4.78 is 28.2. The maximum Gasteiger partial charge on any atom is 0.258 e. The molecule has 1 amide bonds. The number of hydrogen-bond donors (Lipinski definition) is 1. The molecule has 1 N–H and O–H groups in total. The lowest BCUT2D eigenvalue weighted by atomic mass is 10.2. The zero-order valence-electron chi connectivity index (χ0n) is 9.38. The van der Waals surface area contributed by atoms with Gasteiger partial charge in [-0.1, -0.05) is 31.9 Å². The second-order valence-corrected chi connectivity index (χ2v) is 5.53. The number of amides is 1. The Morgan fingerprint density at radius 1 is 0.947 bits per heavy atom. The van der Waals surface area contributed by atoms with Crippen molar-refractivity contribution in [3.63, 3.8) is 0 Å². The highest BCUT2D eigenvalue weighted by Crippen LogP contribution is 2.22. The molecule has 0 aliphatic carbocycles. The smallest absolute Gasteiger partial charge is 0.258 e. The van der Waals surface area contributed by atoms with Crippen molar-refractivity contribution in [3.8, 4) is 0 Å². The summed E-state index contributed by atoms with van der Waals surface area (Å²) in [6.07, 6.45) is 0. The van der Waals surface area contributed by atoms with Crippen molar-refractivity contribution in [1.29, 1.82) is 0 Å². The van der Waals surface area contributed by atoms with Gasteiger partial charge >= 0.3 is 0 Å². The Labute approximate surface area is 125 Å². The van der Waals surface area contributed by atoms with Gasteiger partial charge in [-0.05, 0) is 36.4 Å². The van der Waals surface area contributed by atoms with E-state index in [4.69, 9.17) is 0 Å². The van der Waals surface area contributed by atoms with Crippen molar-refractivity contribution in [2.75, 3.05) is 5.32 Å². The lowest BCUT2D eigenvalue weighted by Crippen LogP contribution is -2.14. The highest BCUT2D eigenvalue weighted by atomic mass is 79.9. The second kappa shape index (κ2) is 5.79. The van der Waals surface area contributed by atoms with Crippen molar-refractivity contribution < 1.29 is 13.6 Å². The normalized spacial score (nSPS) is 10.3. The second-order valence-electron chi connectivity index (χ2n) is 3.70. The molecule has 2 rings (SSSR count). The van der Waals surface area contributed by atoms with E-state index in [-0.39, 0.29) is 11.3 Å². The molecule has 0 aliphatic rings. The quantitative estimate of drug-likeness (QED) is 0.788. The highest BCUT2D eigenvalue weighted by molar-refractivity contribution is 9.10. The van der Waals surface area contributed by atoms with Gasteiger partial charge in [0.25, 0.3) is 5.91 Å². The molecule has 0 radical (unpaired) electrons. The topological polar surface area (TPSA) is 29.1 Å². The summed E-state index contributed by atoms with van der Waals surface area (Å²) in [7, 11) is 0. The van der Waals surface area contributed by atoms with Crippen molar-refractivity contribution in [3.05, 3.63) is 62.5 Å². The third kappa shape index (κ3) is 3.39. The average molecular weight is 391 g/mol. The molecule has 0 bridgehead atoms. The monoisotopic (exact) mass is 389 g/mol. The van der Waals surface area contributed by atoms with Gasteiger partial charge in [0.05, 0.1) is 11.3 Å². The van der Waals surface area contributed by atoms with Crippen LogP contribution in [0.5, 0.6) is 0 Å². The maximum absolute atomic E-state index is 13.5. The third-order valence-corrected chi connectivity index (χ3v) is 3.34. The Morgan fingerprint density at radius 2 is 1.53 bits per heavy atom. The summed E-state index contributed by atoms with van der Waals surface area (Å²) >= 11 is 6.32. The number of rotatable bonds is 2. The Morgan fingerprint density at radius 3 is 2.21 bits per heavy atom. The van der Waals surface area contributed by atoms with Crippen LogP contribution in [-0.2, 0) is 0 Å². The van der Waals surface area contributed by atoms with Gasteiger partial charge < -0.3 is 5.32 Å². The Hall–Kier alpha value is -1.27. The van der Waals surface area contributed by atoms with Gasteiger partial charge in [0.15, 0.2) is 0 Å². The van der Waals surface area contributed by atoms with E-state index in [1.54, 1.807) is 0 Å². The number of nitrogens with one attached hydrogen (secondary N) is 1. The van der Waals surface area contributed by atoms with Crippen molar-refractivity contribution in [1.82, 2.24) is 0 Å². The number of carbonyl (C=O) groups excluding carboxylic acids is 1. The molecule has 2 aromatic rings. The molecule has 0 heterocycles. The van der Waals surface area contributed by atoms with Crippen LogP contribution in [0.2, 0.25) is 0 Å². The number of carbonyl (C=O) groups is 1. The van der Waals surface area contributed by atoms with E-state index in [1.807, 2.05) is 0 Å². The van der Waals surface area contributed by atoms with Crippen molar-refractivity contribution in [2.45, 2.75) is 0 Å². The largest absolute Gasteiger partial charge is 0.319 e. The molecule has 19 heavy (non-hydrogen) atoms. The number of benzene rings is 2. The summed E-state index contributed by atoms with van der Waals surface area (Å²) in [5.74, 6) is -1.97. The van der Waals surface area contributed by atoms with E-state index in [0.717, 1.165) is 6.07 Å². The van der Waals surface area contributed by atoms with Crippen LogP contribution in [0.15, 0.2) is 45.3 Å². The lowest BCUT2D eigenvalue weighted by molar-refractivity contribution is 0.102. The van der Waals surface area contributed by atoms with E-state index in [2.05, 4.69) is 37.2 Å². The molecule has 6 heteroatoms. The average Bonchev–Trinajstić information content (AvgIpc) is 2.36. The van der Waals surface area contributed by atoms with Gasteiger partial charge in [-0.2, -0.15) is 0 Å². The number of anilines is 1. The number of halogens is 4. The molecular weight excluding hydrogens is 384 g/mol. The molecule has 0 saturated heterocycles. The highest BCUT2D eigenvalue weighted by Gasteiger charge is 2.14. The fourth-order valence-electron chi connectivity index (χ4n) is 1.45. The Balaban J connectivity index is 2.30. The van der Waals surface area contributed by atoms with E-state index in [9.17, 15) is 13.6 Å². The molecule has 0 saturated carbocycles. The third-order valence-electron chi connectivity index (χ3n) is 2.35. The zero-order chi connectivity index (χ0) is 14.0. The molecule has 2 nitrogen and oxygen atoms in total. The molecule has 2 aromatic carbocycles. The molecule has 0 spiro atoms. The summed E-state index contributed by atoms with van der Waals surface area (Å²) in [6, 6.07) is 8.09. The minimum absolute atomic E-state index is 0.0150. The van der Waals surface area contributed by atoms with Crippen LogP contribution in [0.4, 0.5) is 14.5 Å². The molecule has 0 aromatic heterocycles. The standard InChI is InChI=1S/C13H7Br2F2NO/c14-7-1-3-10(16)9(5-7)13(19)18-12-6-8(15)2-4-11(12)17/h1-6H,(H,18,19). The van der Waals surface area contributed by atoms with Crippen molar-refractivity contribution in [2.24, 2.45) is 0 Å². The van der Waals surface area contributed by atoms with Gasteiger partial charge in [0, 0.05) is 8.95 Å². The van der Waals surface area contributed by atoms with Crippen LogP contribution < -0.4 is 5.32 Å². The summed E-state index contributed by atoms with van der Waals surface area (Å²) in [4.78, 5) is 11.9. The molecule has 98 valence electrons. The fraction of sp³-hybridized carbons (Fsp3) is 0. The van der Waals surface area contributed by atoms with Crippen molar-refractivity contribution >= 4 is 43.5 Å². The van der Waals surface area contributed by atoms with Crippen LogP contribution in [-0.4, -0.2) is 5.91 Å². The first kappa shape index (κ1) is 14.1. The van der Waals surface area contributed by atoms with Crippen LogP contribution in [0.3, 0.4) is 0 Å². The first-order valence-corrected chi connectivity index (χ1v) is 6.77. The molecule has 0 atom stereocenters. The van der Waals surface area contributed by atoms with Gasteiger partial charge in [-0.25, -0.2) is 8.78 Å². The van der Waals surface area contributed by atoms with E-state index in [0.29, 0.717) is 8.95 Å². The zero-order valence-corrected chi connectivity index (χ0v) is 12.6. The SMILES string of the molecule is O=C(Nc1cc(Br)ccc1F)c1cc(Br)ccc1F. The number of hydrogen-bond acceptors (Lipinski definition) is 1. The molecule has 0 unspecified atom stereocenters. The minimum atomic E-state index is -0.712. The summed E-state index contributed by atoms with van der Waals surface area (Å²) in [5, 5.41) is 2.33. The molecule has 0 aliphatic heterocycles. The summed E-state index contributed by atoms with van der Waals surface area (Å²) in [6.45, 7) is 0. The van der Waals surface area contributed by atoms with Crippen LogP contribution in [0.25, 0.3) is 0 Å². The predicted octanol–water partition coefficient (Wildman–Crippen LogP) is 4.74. The van der Waals surface area contributed by atoms with E-state index in [1.165, 1.54) is 30.3 Å². The van der Waals surface area contributed by atoms with E-state index >= 15 is 0 Å². The Bertz CT molecular complexity index is 647. The Kier molecular flexibility index (Phi) is 4.31. The predicted molar refractivity (Wildman–Crippen MR) is 76.2 cm³/mol. The lowest BCUT2D eigenvalue weighted by Gasteiger charge is -2.08. The van der Waals surface area contributed by atoms with Crippen LogP contribution >= 0.6 is 31.9 Å². The molecule has 0 fully saturated rings. The fourth-order valence-corrected chi connectivity index (χ4v) is 2.18. The van der Waals surface area contributed by atoms with Crippen LogP contribution in [0, 0.1) is 11.6 Å². The van der Waals surface area contributed by atoms with E-state index < -0.39 is 17.5 Å². The first-order chi connectivity index (χ1) is 8.97. The first-order valence-electron chi connectivity index (χ1n) is 5.19. The van der Waals surface area contributed by atoms with Gasteiger partial charge in [0.1, 0.15) is 11.6 Å². The maximum atomic E-state index is 13.5. The van der Waals surface area contributed by atoms with Gasteiger partial charge in [-0.15, -0.1) is 0 Å². The molecular formula is C13H7Br2F2NO. The summed E-state index contributed by atoms with van der Waals surface area (Å²) in [5.41, 5.74) is -0.174. The minimum Gasteiger partial charge on any atom is -0.319 e. The van der Waals surface area contributed by atoms with Crippen LogP contribution in [0.1, 0.15) is 10.4 Å². The van der Waals surface area contributed by atoms with Gasteiger partial charge in [-0.3, -0.25) is 4.79 Å².